The predicted molar refractivity (Wildman–Crippen MR) is 33.0 cm³/mol. The van der Waals surface area contributed by atoms with Crippen molar-refractivity contribution >= 4 is 7.85 Å². The van der Waals surface area contributed by atoms with Gasteiger partial charge in [-0.25, -0.2) is 5.43 Å². The fraction of sp³-hybridized carbons (Fsp3) is 0.333. The molecule has 0 aromatic carbocycles. The van der Waals surface area contributed by atoms with E-state index in [1.165, 1.54) is 0 Å². The van der Waals surface area contributed by atoms with Gasteiger partial charge in [0.1, 0.15) is 7.85 Å². The van der Waals surface area contributed by atoms with E-state index in [1.807, 2.05) is 13.8 Å². The lowest BCUT2D eigenvalue weighted by Crippen LogP contribution is -2.37. The molecule has 0 fully saturated rings. The molecule has 3 nitrogen and oxygen atoms in total. The molecule has 0 spiro atoms. The summed E-state index contributed by atoms with van der Waals surface area (Å²) in [4.78, 5) is 0. The molecule has 40 valence electrons. The standard InChI is InChI=1S/C3H10BN3/c1-5-7-6-3-2-4/h2-3,5-7H,4H2,1H3/b3-2+. The van der Waals surface area contributed by atoms with Crippen LogP contribution in [0.25, 0.3) is 0 Å². The van der Waals surface area contributed by atoms with Crippen molar-refractivity contribution in [2.45, 2.75) is 0 Å². The Morgan fingerprint density at radius 2 is 2.29 bits per heavy atom. The van der Waals surface area contributed by atoms with Crippen LogP contribution in [-0.2, 0) is 0 Å². The zero-order valence-electron chi connectivity index (χ0n) is 4.65. The molecule has 0 aliphatic rings. The van der Waals surface area contributed by atoms with Gasteiger partial charge in [-0.2, -0.15) is 5.53 Å². The monoisotopic (exact) mass is 99.1 g/mol. The molecule has 0 saturated heterocycles. The second-order valence-corrected chi connectivity index (χ2v) is 1.02. The lowest BCUT2D eigenvalue weighted by molar-refractivity contribution is 0.542. The van der Waals surface area contributed by atoms with Gasteiger partial charge in [0.15, 0.2) is 0 Å². The van der Waals surface area contributed by atoms with E-state index in [0.29, 0.717) is 0 Å². The maximum atomic E-state index is 2.74. The third-order valence-corrected chi connectivity index (χ3v) is 0.447. The Morgan fingerprint density at radius 1 is 1.57 bits per heavy atom. The van der Waals surface area contributed by atoms with Crippen molar-refractivity contribution in [2.75, 3.05) is 7.05 Å². The third kappa shape index (κ3) is 5.52. The summed E-state index contributed by atoms with van der Waals surface area (Å²) in [5.74, 6) is 1.89. The Bertz CT molecular complexity index is 54.1. The molecule has 0 unspecified atom stereocenters. The van der Waals surface area contributed by atoms with E-state index in [4.69, 9.17) is 0 Å². The maximum Gasteiger partial charge on any atom is 0.131 e. The molecule has 0 saturated carbocycles. The second-order valence-electron chi connectivity index (χ2n) is 1.02. The van der Waals surface area contributed by atoms with Gasteiger partial charge in [0.2, 0.25) is 0 Å². The Morgan fingerprint density at radius 3 is 2.71 bits per heavy atom. The molecule has 0 aromatic heterocycles. The highest BCUT2D eigenvalue weighted by Gasteiger charge is 1.61. The van der Waals surface area contributed by atoms with E-state index in [2.05, 4.69) is 16.4 Å². The number of hydrogen-bond acceptors (Lipinski definition) is 3. The van der Waals surface area contributed by atoms with Gasteiger partial charge < -0.3 is 5.43 Å². The highest BCUT2D eigenvalue weighted by Crippen LogP contribution is 1.47. The molecule has 0 aliphatic heterocycles. The highest BCUT2D eigenvalue weighted by molar-refractivity contribution is 6.16. The molecule has 3 N–H and O–H groups in total. The van der Waals surface area contributed by atoms with Crippen LogP contribution in [0.4, 0.5) is 0 Å². The van der Waals surface area contributed by atoms with Crippen LogP contribution < -0.4 is 16.4 Å². The molecule has 0 heterocycles. The van der Waals surface area contributed by atoms with Gasteiger partial charge in [0, 0.05) is 13.2 Å². The van der Waals surface area contributed by atoms with Gasteiger partial charge in [-0.05, 0) is 0 Å². The summed E-state index contributed by atoms with van der Waals surface area (Å²) in [6, 6.07) is 0. The van der Waals surface area contributed by atoms with Crippen molar-refractivity contribution in [3.05, 3.63) is 12.2 Å². The number of hydrazine groups is 2. The summed E-state index contributed by atoms with van der Waals surface area (Å²) in [7, 11) is 3.72. The molecule has 4 heteroatoms. The number of hydrogen-bond donors (Lipinski definition) is 3. The molecular weight excluding hydrogens is 88.9 g/mol. The van der Waals surface area contributed by atoms with E-state index in [-0.39, 0.29) is 0 Å². The fourth-order valence-corrected chi connectivity index (χ4v) is 0.197. The first-order chi connectivity index (χ1) is 3.41. The van der Waals surface area contributed by atoms with Gasteiger partial charge >= 0.3 is 0 Å². The average molecular weight is 98.9 g/mol. The van der Waals surface area contributed by atoms with Crippen molar-refractivity contribution < 1.29 is 0 Å². The zero-order valence-corrected chi connectivity index (χ0v) is 4.65. The van der Waals surface area contributed by atoms with Crippen LogP contribution in [0.2, 0.25) is 0 Å². The van der Waals surface area contributed by atoms with E-state index >= 15 is 0 Å². The van der Waals surface area contributed by atoms with E-state index < -0.39 is 0 Å². The number of nitrogens with one attached hydrogen (secondary N) is 3. The van der Waals surface area contributed by atoms with Crippen LogP contribution in [-0.4, -0.2) is 14.9 Å². The topological polar surface area (TPSA) is 36.1 Å². The minimum atomic E-state index is 1.79. The summed E-state index contributed by atoms with van der Waals surface area (Å²) < 4.78 is 0. The molecule has 0 bridgehead atoms. The summed E-state index contributed by atoms with van der Waals surface area (Å²) in [5.41, 5.74) is 8.10. The zero-order chi connectivity index (χ0) is 5.54. The highest BCUT2D eigenvalue weighted by atomic mass is 15.6. The lowest BCUT2D eigenvalue weighted by Gasteiger charge is -1.97. The summed E-state index contributed by atoms with van der Waals surface area (Å²) >= 11 is 0. The second kappa shape index (κ2) is 5.52. The van der Waals surface area contributed by atoms with E-state index in [1.54, 1.807) is 13.2 Å². The van der Waals surface area contributed by atoms with Gasteiger partial charge in [0.05, 0.1) is 0 Å². The van der Waals surface area contributed by atoms with E-state index in [9.17, 15) is 0 Å². The van der Waals surface area contributed by atoms with Crippen LogP contribution in [0.5, 0.6) is 0 Å². The van der Waals surface area contributed by atoms with Gasteiger partial charge in [-0.3, -0.25) is 0 Å². The van der Waals surface area contributed by atoms with Gasteiger partial charge in [-0.1, -0.05) is 0 Å². The summed E-state index contributed by atoms with van der Waals surface area (Å²) in [5, 5.41) is 0. The van der Waals surface area contributed by atoms with Crippen LogP contribution in [0, 0.1) is 0 Å². The van der Waals surface area contributed by atoms with Gasteiger partial charge in [0.25, 0.3) is 0 Å². The Kier molecular flexibility index (Phi) is 5.15. The molecule has 0 aromatic rings. The quantitative estimate of drug-likeness (QED) is 0.224. The minimum absolute atomic E-state index is 1.79. The molecular formula is C3H10BN3. The normalized spacial score (nSPS) is 9.86. The molecule has 0 rings (SSSR count). The van der Waals surface area contributed by atoms with Crippen molar-refractivity contribution in [1.29, 1.82) is 0 Å². The summed E-state index contributed by atoms with van der Waals surface area (Å²) in [6.45, 7) is 0. The van der Waals surface area contributed by atoms with Crippen molar-refractivity contribution in [3.8, 4) is 0 Å². The van der Waals surface area contributed by atoms with Crippen molar-refractivity contribution in [3.63, 3.8) is 0 Å². The Labute approximate surface area is 44.5 Å². The maximum absolute atomic E-state index is 2.74. The molecule has 7 heavy (non-hydrogen) atoms. The summed E-state index contributed by atoms with van der Waals surface area (Å²) in [6.07, 6.45) is 1.79. The molecule has 0 radical (unpaired) electrons. The predicted octanol–water partition coefficient (Wildman–Crippen LogP) is -1.68. The minimum Gasteiger partial charge on any atom is -0.317 e. The molecule has 0 amide bonds. The lowest BCUT2D eigenvalue weighted by atomic mass is 10.2. The Balaban J connectivity index is 2.69. The van der Waals surface area contributed by atoms with Crippen LogP contribution in [0.1, 0.15) is 0 Å². The van der Waals surface area contributed by atoms with E-state index in [0.717, 1.165) is 0 Å². The van der Waals surface area contributed by atoms with Crippen molar-refractivity contribution in [1.82, 2.24) is 16.4 Å². The first kappa shape index (κ1) is 6.52. The fourth-order valence-electron chi connectivity index (χ4n) is 0.197. The first-order valence-corrected chi connectivity index (χ1v) is 2.20. The SMILES string of the molecule is B/C=C/NNNC. The molecule has 0 atom stereocenters. The van der Waals surface area contributed by atoms with Crippen LogP contribution in [0.3, 0.4) is 0 Å². The Hall–Kier alpha value is -0.475. The van der Waals surface area contributed by atoms with Crippen LogP contribution in [0.15, 0.2) is 12.2 Å². The smallest absolute Gasteiger partial charge is 0.131 e. The average Bonchev–Trinajstić information content (AvgIpc) is 1.69. The third-order valence-electron chi connectivity index (χ3n) is 0.447. The van der Waals surface area contributed by atoms with Gasteiger partial charge in [-0.15, -0.1) is 5.98 Å². The van der Waals surface area contributed by atoms with Crippen molar-refractivity contribution in [2.24, 2.45) is 0 Å². The largest absolute Gasteiger partial charge is 0.317 e. The van der Waals surface area contributed by atoms with Crippen LogP contribution >= 0.6 is 0 Å². The number of rotatable bonds is 3. The molecule has 0 aliphatic carbocycles. The first-order valence-electron chi connectivity index (χ1n) is 2.20.